The number of rotatable bonds is 6. The Balaban J connectivity index is 2.48. The predicted octanol–water partition coefficient (Wildman–Crippen LogP) is 3.84. The van der Waals surface area contributed by atoms with E-state index < -0.39 is 0 Å². The van der Waals surface area contributed by atoms with E-state index in [-0.39, 0.29) is 18.2 Å². The van der Waals surface area contributed by atoms with Crippen LogP contribution >= 0.6 is 23.2 Å². The molecule has 0 aliphatic heterocycles. The zero-order chi connectivity index (χ0) is 17.5. The summed E-state index contributed by atoms with van der Waals surface area (Å²) in [5.74, 6) is 0.637. The van der Waals surface area contributed by atoms with Crippen molar-refractivity contribution in [3.63, 3.8) is 0 Å². The second-order valence-corrected chi connectivity index (χ2v) is 5.26. The number of hydrogen-bond acceptors (Lipinski definition) is 6. The van der Waals surface area contributed by atoms with Gasteiger partial charge in [-0.25, -0.2) is 4.98 Å². The summed E-state index contributed by atoms with van der Waals surface area (Å²) in [7, 11) is 2.98. The third kappa shape index (κ3) is 4.15. The van der Waals surface area contributed by atoms with Gasteiger partial charge in [0.2, 0.25) is 0 Å². The summed E-state index contributed by atoms with van der Waals surface area (Å²) in [6.45, 7) is 0.000422. The first-order chi connectivity index (χ1) is 11.6. The number of ether oxygens (including phenoxy) is 3. The molecule has 0 amide bonds. The third-order valence-corrected chi connectivity index (χ3v) is 3.54. The Morgan fingerprint density at radius 3 is 2.54 bits per heavy atom. The minimum atomic E-state index is 0.000422. The van der Waals surface area contributed by atoms with E-state index in [0.29, 0.717) is 27.1 Å². The fraction of sp³-hybridized carbons (Fsp3) is 0.188. The van der Waals surface area contributed by atoms with Gasteiger partial charge in [-0.15, -0.1) is 0 Å². The molecule has 2 rings (SSSR count). The summed E-state index contributed by atoms with van der Waals surface area (Å²) in [6, 6.07) is 5.36. The maximum atomic E-state index is 9.46. The fourth-order valence-electron chi connectivity index (χ4n) is 1.82. The Kier molecular flexibility index (Phi) is 6.38. The van der Waals surface area contributed by atoms with Crippen molar-refractivity contribution in [2.45, 2.75) is 0 Å². The Morgan fingerprint density at radius 2 is 1.96 bits per heavy atom. The van der Waals surface area contributed by atoms with Gasteiger partial charge in [0.05, 0.1) is 28.4 Å². The molecule has 124 valence electrons. The highest BCUT2D eigenvalue weighted by atomic mass is 35.5. The number of allylic oxidation sites excluding steroid dienone is 1. The second kappa shape index (κ2) is 8.50. The lowest BCUT2D eigenvalue weighted by Crippen LogP contribution is -2.04. The van der Waals surface area contributed by atoms with Crippen molar-refractivity contribution in [2.24, 2.45) is 0 Å². The van der Waals surface area contributed by atoms with Crippen LogP contribution in [0.5, 0.6) is 11.6 Å². The summed E-state index contributed by atoms with van der Waals surface area (Å²) >= 11 is 12.2. The number of methoxy groups -OCH3 is 2. The zero-order valence-corrected chi connectivity index (χ0v) is 14.4. The second-order valence-electron chi connectivity index (χ2n) is 4.44. The van der Waals surface area contributed by atoms with Crippen LogP contribution in [0.25, 0.3) is 11.6 Å². The van der Waals surface area contributed by atoms with Crippen molar-refractivity contribution >= 4 is 34.9 Å². The molecular weight excluding hydrogens is 353 g/mol. The summed E-state index contributed by atoms with van der Waals surface area (Å²) in [6.07, 6.45) is 4.44. The van der Waals surface area contributed by atoms with Crippen molar-refractivity contribution in [1.29, 1.82) is 5.26 Å². The van der Waals surface area contributed by atoms with Crippen LogP contribution in [0.3, 0.4) is 0 Å². The molecule has 0 aliphatic rings. The topological polar surface area (TPSA) is 77.3 Å². The Hall–Kier alpha value is -2.33. The van der Waals surface area contributed by atoms with Crippen molar-refractivity contribution in [1.82, 2.24) is 9.97 Å². The van der Waals surface area contributed by atoms with E-state index >= 15 is 0 Å². The van der Waals surface area contributed by atoms with Crippen molar-refractivity contribution in [2.75, 3.05) is 21.0 Å². The molecule has 0 spiro atoms. The van der Waals surface area contributed by atoms with Crippen molar-refractivity contribution < 1.29 is 14.2 Å². The molecule has 0 saturated heterocycles. The third-order valence-electron chi connectivity index (χ3n) is 2.93. The van der Waals surface area contributed by atoms with E-state index in [1.54, 1.807) is 18.2 Å². The molecule has 0 fully saturated rings. The molecule has 2 heterocycles. The van der Waals surface area contributed by atoms with E-state index in [9.17, 15) is 5.26 Å². The van der Waals surface area contributed by atoms with Gasteiger partial charge in [0.15, 0.2) is 12.5 Å². The Bertz CT molecular complexity index is 783. The molecule has 8 heteroatoms. The smallest absolute Gasteiger partial charge is 0.259 e. The highest BCUT2D eigenvalue weighted by molar-refractivity contribution is 6.37. The number of aromatic nitrogens is 2. The van der Waals surface area contributed by atoms with Crippen molar-refractivity contribution in [3.05, 3.63) is 45.8 Å². The van der Waals surface area contributed by atoms with Gasteiger partial charge in [0.1, 0.15) is 6.07 Å². The van der Waals surface area contributed by atoms with Crippen LogP contribution in [0, 0.1) is 11.3 Å². The standard InChI is InChI=1S/C16H13Cl2N3O3/c1-22-9-24-16-15(23-2)4-3-14(21-16)10(6-19)5-11-12(17)7-20-8-13(11)18/h3-5,7-8H,9H2,1-2H3/b10-5+. The Labute approximate surface area is 149 Å². The minimum absolute atomic E-state index is 0.000422. The predicted molar refractivity (Wildman–Crippen MR) is 91.0 cm³/mol. The quantitative estimate of drug-likeness (QED) is 0.571. The van der Waals surface area contributed by atoms with Gasteiger partial charge in [-0.3, -0.25) is 4.98 Å². The van der Waals surface area contributed by atoms with E-state index in [4.69, 9.17) is 37.4 Å². The Morgan fingerprint density at radius 1 is 1.25 bits per heavy atom. The van der Waals surface area contributed by atoms with Gasteiger partial charge >= 0.3 is 0 Å². The first-order valence-electron chi connectivity index (χ1n) is 6.68. The minimum Gasteiger partial charge on any atom is -0.491 e. The van der Waals surface area contributed by atoms with E-state index in [2.05, 4.69) is 16.0 Å². The lowest BCUT2D eigenvalue weighted by molar-refractivity contribution is 0.0457. The zero-order valence-electron chi connectivity index (χ0n) is 12.9. The molecule has 0 aromatic carbocycles. The van der Waals surface area contributed by atoms with Crippen LogP contribution < -0.4 is 9.47 Å². The van der Waals surface area contributed by atoms with Crippen LogP contribution in [0.4, 0.5) is 0 Å². The average Bonchev–Trinajstić information content (AvgIpc) is 2.59. The van der Waals surface area contributed by atoms with Crippen LogP contribution in [0.2, 0.25) is 10.0 Å². The van der Waals surface area contributed by atoms with Gasteiger partial charge in [0.25, 0.3) is 5.88 Å². The maximum absolute atomic E-state index is 9.46. The van der Waals surface area contributed by atoms with Crippen LogP contribution in [0.15, 0.2) is 24.5 Å². The maximum Gasteiger partial charge on any atom is 0.259 e. The number of nitriles is 1. The summed E-state index contributed by atoms with van der Waals surface area (Å²) in [4.78, 5) is 8.17. The average molecular weight is 366 g/mol. The first-order valence-corrected chi connectivity index (χ1v) is 7.44. The van der Waals surface area contributed by atoms with Gasteiger partial charge < -0.3 is 14.2 Å². The summed E-state index contributed by atoms with van der Waals surface area (Å²) in [5, 5.41) is 10.1. The molecule has 0 N–H and O–H groups in total. The largest absolute Gasteiger partial charge is 0.491 e. The molecule has 0 atom stereocenters. The first kappa shape index (κ1) is 18.0. The molecule has 2 aromatic rings. The summed E-state index contributed by atoms with van der Waals surface area (Å²) in [5.41, 5.74) is 1.13. The number of halogens is 2. The molecule has 0 bridgehead atoms. The van der Waals surface area contributed by atoms with Crippen LogP contribution in [0.1, 0.15) is 11.3 Å². The molecule has 0 radical (unpaired) electrons. The highest BCUT2D eigenvalue weighted by Gasteiger charge is 2.12. The molecule has 2 aromatic heterocycles. The van der Waals surface area contributed by atoms with E-state index in [1.807, 2.05) is 0 Å². The molecule has 0 saturated carbocycles. The fourth-order valence-corrected chi connectivity index (χ4v) is 2.29. The molecule has 6 nitrogen and oxygen atoms in total. The SMILES string of the molecule is COCOc1nc(/C(C#N)=C/c2c(Cl)cncc2Cl)ccc1OC. The van der Waals surface area contributed by atoms with Gasteiger partial charge in [-0.2, -0.15) is 5.26 Å². The molecular formula is C16H13Cl2N3O3. The molecule has 0 unspecified atom stereocenters. The van der Waals surface area contributed by atoms with Gasteiger partial charge in [0, 0.05) is 25.1 Å². The van der Waals surface area contributed by atoms with E-state index in [0.717, 1.165) is 0 Å². The van der Waals surface area contributed by atoms with Crippen LogP contribution in [-0.4, -0.2) is 31.0 Å². The number of nitrogens with zero attached hydrogens (tertiary/aromatic N) is 3. The number of hydrogen-bond donors (Lipinski definition) is 0. The number of pyridine rings is 2. The monoisotopic (exact) mass is 365 g/mol. The molecule has 24 heavy (non-hydrogen) atoms. The highest BCUT2D eigenvalue weighted by Crippen LogP contribution is 2.30. The normalized spacial score (nSPS) is 11.0. The van der Waals surface area contributed by atoms with E-state index in [1.165, 1.54) is 26.6 Å². The lowest BCUT2D eigenvalue weighted by atomic mass is 10.1. The van der Waals surface area contributed by atoms with Crippen molar-refractivity contribution in [3.8, 4) is 17.7 Å². The van der Waals surface area contributed by atoms with Gasteiger partial charge in [-0.05, 0) is 18.2 Å². The summed E-state index contributed by atoms with van der Waals surface area (Å²) < 4.78 is 15.4. The lowest BCUT2D eigenvalue weighted by Gasteiger charge is -2.10. The van der Waals surface area contributed by atoms with Crippen LogP contribution in [-0.2, 0) is 4.74 Å². The van der Waals surface area contributed by atoms with Gasteiger partial charge in [-0.1, -0.05) is 23.2 Å². The molecule has 0 aliphatic carbocycles.